The van der Waals surface area contributed by atoms with Crippen molar-refractivity contribution in [2.75, 3.05) is 5.73 Å². The zero-order valence-electron chi connectivity index (χ0n) is 5.88. The molecule has 12 heavy (non-hydrogen) atoms. The van der Waals surface area contributed by atoms with Gasteiger partial charge in [0.2, 0.25) is 0 Å². The van der Waals surface area contributed by atoms with Crippen LogP contribution in [0.4, 0.5) is 14.5 Å². The maximum atomic E-state index is 12.1. The van der Waals surface area contributed by atoms with Crippen molar-refractivity contribution in [3.63, 3.8) is 0 Å². The van der Waals surface area contributed by atoms with Crippen LogP contribution in [0.3, 0.4) is 0 Å². The summed E-state index contributed by atoms with van der Waals surface area (Å²) in [6.45, 7) is 0. The van der Waals surface area contributed by atoms with Crippen LogP contribution in [-0.2, 0) is 9.59 Å². The van der Waals surface area contributed by atoms with Crippen molar-refractivity contribution in [2.45, 2.75) is 0 Å². The van der Waals surface area contributed by atoms with Crippen LogP contribution in [0.2, 0.25) is 0 Å². The summed E-state index contributed by atoms with van der Waals surface area (Å²) in [6.07, 6.45) is 0.250. The Kier molecular flexibility index (Phi) is 4.26. The van der Waals surface area contributed by atoms with Crippen molar-refractivity contribution in [1.29, 1.82) is 0 Å². The van der Waals surface area contributed by atoms with E-state index in [0.29, 0.717) is 0 Å². The van der Waals surface area contributed by atoms with E-state index in [-0.39, 0.29) is 11.8 Å². The zero-order chi connectivity index (χ0) is 9.56. The van der Waals surface area contributed by atoms with Crippen LogP contribution in [-0.4, -0.2) is 6.15 Å². The smallest absolute Gasteiger partial charge is 0.373 e. The summed E-state index contributed by atoms with van der Waals surface area (Å²) in [4.78, 5) is 16.2. The molecule has 0 aromatic heterocycles. The summed E-state index contributed by atoms with van der Waals surface area (Å²) < 4.78 is 24.2. The molecule has 0 radical (unpaired) electrons. The fourth-order valence-corrected chi connectivity index (χ4v) is 0.512. The van der Waals surface area contributed by atoms with Gasteiger partial charge in [-0.1, -0.05) is 0 Å². The van der Waals surface area contributed by atoms with Crippen LogP contribution < -0.4 is 5.73 Å². The lowest BCUT2D eigenvalue weighted by Gasteiger charge is -1.91. The topological polar surface area (TPSA) is 60.2 Å². The molecule has 1 aromatic carbocycles. The molecule has 0 aliphatic carbocycles. The molecule has 1 rings (SSSR count). The number of hydrogen-bond donors (Lipinski definition) is 1. The lowest BCUT2D eigenvalue weighted by molar-refractivity contribution is -0.191. The van der Waals surface area contributed by atoms with E-state index in [0.717, 1.165) is 12.1 Å². The Balaban J connectivity index is 0.000000354. The maximum absolute atomic E-state index is 12.1. The maximum Gasteiger partial charge on any atom is 0.373 e. The average Bonchev–Trinajstić information content (AvgIpc) is 1.99. The second-order valence-electron chi connectivity index (χ2n) is 1.76. The Morgan fingerprint density at radius 3 is 2.00 bits per heavy atom. The summed E-state index contributed by atoms with van der Waals surface area (Å²) in [6, 6.07) is 3.23. The molecule has 0 aliphatic heterocycles. The molecule has 0 unspecified atom stereocenters. The van der Waals surface area contributed by atoms with E-state index >= 15 is 0 Å². The van der Waals surface area contributed by atoms with Gasteiger partial charge in [-0.3, -0.25) is 0 Å². The van der Waals surface area contributed by atoms with Gasteiger partial charge in [0.1, 0.15) is 0 Å². The van der Waals surface area contributed by atoms with E-state index in [1.807, 2.05) is 0 Å². The molecule has 0 aliphatic rings. The SMILES string of the molecule is Nc1ccc(F)c(F)c1.O=C=O. The highest BCUT2D eigenvalue weighted by Gasteiger charge is 1.97. The largest absolute Gasteiger partial charge is 0.399 e. The van der Waals surface area contributed by atoms with Crippen molar-refractivity contribution >= 4 is 11.8 Å². The fourth-order valence-electron chi connectivity index (χ4n) is 0.512. The lowest BCUT2D eigenvalue weighted by Crippen LogP contribution is -1.88. The van der Waals surface area contributed by atoms with Gasteiger partial charge in [-0.15, -0.1) is 0 Å². The minimum atomic E-state index is -0.907. The van der Waals surface area contributed by atoms with Gasteiger partial charge in [-0.05, 0) is 18.2 Å². The molecule has 0 bridgehead atoms. The predicted molar refractivity (Wildman–Crippen MR) is 35.8 cm³/mol. The normalized spacial score (nSPS) is 7.83. The Hall–Kier alpha value is -1.74. The standard InChI is InChI=1S/C6H5F2N.CO2/c7-5-2-1-4(9)3-6(5)8;2-1-3/h1-3H,9H2;. The van der Waals surface area contributed by atoms with E-state index < -0.39 is 11.6 Å². The van der Waals surface area contributed by atoms with E-state index in [2.05, 4.69) is 0 Å². The number of nitrogens with two attached hydrogens (primary N) is 1. The number of anilines is 1. The van der Waals surface area contributed by atoms with Crippen LogP contribution in [0.1, 0.15) is 0 Å². The Morgan fingerprint density at radius 2 is 1.67 bits per heavy atom. The third-order valence-corrected chi connectivity index (χ3v) is 0.944. The molecule has 0 amide bonds. The summed E-state index contributed by atoms with van der Waals surface area (Å²) in [5.41, 5.74) is 5.35. The number of rotatable bonds is 0. The molecule has 1 aromatic rings. The van der Waals surface area contributed by atoms with Gasteiger partial charge in [0.05, 0.1) is 0 Å². The molecule has 64 valence electrons. The van der Waals surface area contributed by atoms with Crippen molar-refractivity contribution in [3.8, 4) is 0 Å². The highest BCUT2D eigenvalue weighted by molar-refractivity contribution is 5.37. The number of carbonyl (C=O) groups excluding carboxylic acids is 2. The van der Waals surface area contributed by atoms with E-state index in [1.165, 1.54) is 6.07 Å². The van der Waals surface area contributed by atoms with E-state index in [9.17, 15) is 8.78 Å². The molecule has 0 atom stereocenters. The summed E-state index contributed by atoms with van der Waals surface area (Å²) in [7, 11) is 0. The first-order valence-corrected chi connectivity index (χ1v) is 2.81. The van der Waals surface area contributed by atoms with E-state index in [4.69, 9.17) is 15.3 Å². The second kappa shape index (κ2) is 4.98. The molecule has 0 saturated carbocycles. The number of benzene rings is 1. The third-order valence-electron chi connectivity index (χ3n) is 0.944. The van der Waals surface area contributed by atoms with Gasteiger partial charge in [0, 0.05) is 5.69 Å². The lowest BCUT2D eigenvalue weighted by atomic mass is 10.3. The van der Waals surface area contributed by atoms with Crippen LogP contribution in [0.25, 0.3) is 0 Å². The van der Waals surface area contributed by atoms with Crippen molar-refractivity contribution in [3.05, 3.63) is 29.8 Å². The molecular weight excluding hydrogens is 168 g/mol. The van der Waals surface area contributed by atoms with Crippen LogP contribution in [0.15, 0.2) is 18.2 Å². The first-order valence-electron chi connectivity index (χ1n) is 2.81. The van der Waals surface area contributed by atoms with E-state index in [1.54, 1.807) is 0 Å². The number of halogens is 2. The van der Waals surface area contributed by atoms with Crippen LogP contribution in [0, 0.1) is 11.6 Å². The Morgan fingerprint density at radius 1 is 1.17 bits per heavy atom. The first-order chi connectivity index (χ1) is 5.61. The molecule has 0 fully saturated rings. The highest BCUT2D eigenvalue weighted by Crippen LogP contribution is 2.08. The monoisotopic (exact) mass is 173 g/mol. The minimum Gasteiger partial charge on any atom is -0.399 e. The Bertz CT molecular complexity index is 295. The summed E-state index contributed by atoms with van der Waals surface area (Å²) in [5.74, 6) is -1.78. The van der Waals surface area contributed by atoms with Crippen molar-refractivity contribution < 1.29 is 18.4 Å². The molecule has 5 heteroatoms. The molecule has 2 N–H and O–H groups in total. The van der Waals surface area contributed by atoms with Gasteiger partial charge in [-0.2, -0.15) is 9.59 Å². The molecule has 0 spiro atoms. The van der Waals surface area contributed by atoms with Gasteiger partial charge in [0.15, 0.2) is 11.6 Å². The molecule has 0 saturated heterocycles. The van der Waals surface area contributed by atoms with Crippen molar-refractivity contribution in [1.82, 2.24) is 0 Å². The molecular formula is C7H5F2NO2. The third kappa shape index (κ3) is 3.43. The number of nitrogen functional groups attached to an aromatic ring is 1. The van der Waals surface area contributed by atoms with Crippen molar-refractivity contribution in [2.24, 2.45) is 0 Å². The van der Waals surface area contributed by atoms with Crippen LogP contribution in [0.5, 0.6) is 0 Å². The first kappa shape index (κ1) is 10.3. The fraction of sp³-hybridized carbons (Fsp3) is 0. The summed E-state index contributed by atoms with van der Waals surface area (Å²) in [5, 5.41) is 0. The molecule has 3 nitrogen and oxygen atoms in total. The minimum absolute atomic E-state index is 0.230. The van der Waals surface area contributed by atoms with Crippen LogP contribution >= 0.6 is 0 Å². The Labute approximate surface area is 66.8 Å². The number of hydrogen-bond acceptors (Lipinski definition) is 3. The van der Waals surface area contributed by atoms with Gasteiger partial charge >= 0.3 is 6.15 Å². The predicted octanol–water partition coefficient (Wildman–Crippen LogP) is 0.964. The van der Waals surface area contributed by atoms with Gasteiger partial charge in [0.25, 0.3) is 0 Å². The molecule has 0 heterocycles. The second-order valence-corrected chi connectivity index (χ2v) is 1.76. The van der Waals surface area contributed by atoms with Gasteiger partial charge < -0.3 is 5.73 Å². The summed E-state index contributed by atoms with van der Waals surface area (Å²) >= 11 is 0. The quantitative estimate of drug-likeness (QED) is 0.594. The highest BCUT2D eigenvalue weighted by atomic mass is 19.2. The van der Waals surface area contributed by atoms with Gasteiger partial charge in [-0.25, -0.2) is 8.78 Å². The average molecular weight is 173 g/mol. The zero-order valence-corrected chi connectivity index (χ0v) is 5.88.